The van der Waals surface area contributed by atoms with Crippen LogP contribution in [-0.4, -0.2) is 25.1 Å². The second-order valence-corrected chi connectivity index (χ2v) is 7.24. The molecule has 5 nitrogen and oxygen atoms in total. The number of carbonyl (C=O) groups is 1. The summed E-state index contributed by atoms with van der Waals surface area (Å²) in [4.78, 5) is 14.1. The molecule has 0 saturated heterocycles. The topological polar surface area (TPSA) is 75.9 Å². The van der Waals surface area contributed by atoms with E-state index in [2.05, 4.69) is 47.7 Å². The number of rotatable bonds is 2. The lowest BCUT2D eigenvalue weighted by atomic mass is 10.1. The van der Waals surface area contributed by atoms with Gasteiger partial charge < -0.3 is 21.0 Å². The van der Waals surface area contributed by atoms with Gasteiger partial charge in [-0.1, -0.05) is 55.3 Å². The van der Waals surface area contributed by atoms with Crippen LogP contribution in [0.1, 0.15) is 42.3 Å². The average molecular weight is 424 g/mol. The maximum Gasteiger partial charge on any atom is 0.255 e. The number of nitrogens with one attached hydrogen (secondary N) is 2. The molecule has 1 heterocycles. The average Bonchev–Trinajstić information content (AvgIpc) is 3.11. The van der Waals surface area contributed by atoms with Crippen molar-refractivity contribution in [2.24, 2.45) is 0 Å². The van der Waals surface area contributed by atoms with Crippen LogP contribution in [0.5, 0.6) is 0 Å². The molecule has 1 amide bonds. The molecule has 4 rings (SSSR count). The number of benzene rings is 3. The van der Waals surface area contributed by atoms with Gasteiger partial charge >= 0.3 is 0 Å². The standard InChI is InChI=1S/C15H15NO.C9H12N2.C2H6.H2O.H2/c1-11-6-8-14(9-7-11)16-15(17)13-5-3-4-12(2)10-13;1-7-3-4-9-8(5-7)10-6-11(9)2;1-2;;/h3-10H,1-2H3,(H,16,17);3-5,10H,6H2,1-2H3;1-2H3;1H2;1H. The summed E-state index contributed by atoms with van der Waals surface area (Å²) in [5.74, 6) is -0.0717. The SMILES string of the molecule is CC.Cc1ccc(NC(=O)c2cccc(C)c2)cc1.Cc1ccc2c(c1)NCN2C.O.[HH]. The number of carbonyl (C=O) groups excluding carboxylic acids is 1. The van der Waals surface area contributed by atoms with Crippen molar-refractivity contribution < 1.29 is 11.7 Å². The molecule has 0 atom stereocenters. The first-order chi connectivity index (χ1) is 14.4. The third-order valence-corrected chi connectivity index (χ3v) is 4.66. The molecule has 0 saturated carbocycles. The van der Waals surface area contributed by atoms with Crippen molar-refractivity contribution in [2.75, 3.05) is 29.2 Å². The molecule has 31 heavy (non-hydrogen) atoms. The predicted octanol–water partition coefficient (Wildman–Crippen LogP) is 5.82. The zero-order valence-corrected chi connectivity index (χ0v) is 19.4. The number of hydrogen-bond donors (Lipinski definition) is 2. The van der Waals surface area contributed by atoms with E-state index in [4.69, 9.17) is 0 Å². The maximum atomic E-state index is 11.9. The minimum Gasteiger partial charge on any atom is -0.412 e. The van der Waals surface area contributed by atoms with Gasteiger partial charge in [-0.05, 0) is 62.7 Å². The Morgan fingerprint density at radius 3 is 2.16 bits per heavy atom. The highest BCUT2D eigenvalue weighted by atomic mass is 16.1. The highest BCUT2D eigenvalue weighted by Gasteiger charge is 2.13. The van der Waals surface area contributed by atoms with E-state index in [0.717, 1.165) is 17.9 Å². The van der Waals surface area contributed by atoms with Crippen LogP contribution in [-0.2, 0) is 0 Å². The number of aryl methyl sites for hydroxylation is 3. The smallest absolute Gasteiger partial charge is 0.255 e. The molecule has 0 aliphatic carbocycles. The molecule has 0 radical (unpaired) electrons. The fourth-order valence-corrected chi connectivity index (χ4v) is 3.04. The lowest BCUT2D eigenvalue weighted by Crippen LogP contribution is -2.15. The van der Waals surface area contributed by atoms with Gasteiger partial charge in [0.25, 0.3) is 5.91 Å². The first-order valence-corrected chi connectivity index (χ1v) is 10.4. The molecule has 1 aliphatic rings. The van der Waals surface area contributed by atoms with E-state index in [1.807, 2.05) is 76.2 Å². The Morgan fingerprint density at radius 2 is 1.52 bits per heavy atom. The minimum absolute atomic E-state index is 0. The number of anilines is 3. The van der Waals surface area contributed by atoms with Gasteiger partial charge in [-0.15, -0.1) is 0 Å². The Balaban J connectivity index is 0.000000559. The maximum absolute atomic E-state index is 11.9. The summed E-state index contributed by atoms with van der Waals surface area (Å²) in [6.45, 7) is 11.0. The van der Waals surface area contributed by atoms with E-state index in [1.54, 1.807) is 0 Å². The van der Waals surface area contributed by atoms with Crippen molar-refractivity contribution in [3.05, 3.63) is 89.0 Å². The highest BCUT2D eigenvalue weighted by molar-refractivity contribution is 6.04. The van der Waals surface area contributed by atoms with Crippen LogP contribution in [0.4, 0.5) is 17.1 Å². The molecule has 4 N–H and O–H groups in total. The van der Waals surface area contributed by atoms with E-state index in [-0.39, 0.29) is 12.8 Å². The van der Waals surface area contributed by atoms with E-state index >= 15 is 0 Å². The normalized spacial score (nSPS) is 10.8. The highest BCUT2D eigenvalue weighted by Crippen LogP contribution is 2.30. The summed E-state index contributed by atoms with van der Waals surface area (Å²) >= 11 is 0. The Morgan fingerprint density at radius 1 is 0.903 bits per heavy atom. The van der Waals surface area contributed by atoms with Gasteiger partial charge in [0.05, 0.1) is 18.0 Å². The second-order valence-electron chi connectivity index (χ2n) is 7.24. The Kier molecular flexibility index (Phi) is 10.3. The van der Waals surface area contributed by atoms with Crippen LogP contribution in [0.25, 0.3) is 0 Å². The number of nitrogens with zero attached hydrogens (tertiary/aromatic N) is 1. The van der Waals surface area contributed by atoms with E-state index in [1.165, 1.54) is 22.5 Å². The first kappa shape index (κ1) is 25.7. The van der Waals surface area contributed by atoms with Gasteiger partial charge in [0, 0.05) is 19.7 Å². The molecule has 0 bridgehead atoms. The Labute approximate surface area is 187 Å². The molecule has 3 aromatic carbocycles. The van der Waals surface area contributed by atoms with Gasteiger partial charge in [0.15, 0.2) is 0 Å². The van der Waals surface area contributed by atoms with Gasteiger partial charge in [0.1, 0.15) is 0 Å². The van der Waals surface area contributed by atoms with Crippen LogP contribution < -0.4 is 15.5 Å². The molecule has 1 aliphatic heterocycles. The Hall–Kier alpha value is -3.31. The zero-order valence-electron chi connectivity index (χ0n) is 19.4. The van der Waals surface area contributed by atoms with Gasteiger partial charge in [-0.3, -0.25) is 4.79 Å². The summed E-state index contributed by atoms with van der Waals surface area (Å²) in [6.07, 6.45) is 0. The summed E-state index contributed by atoms with van der Waals surface area (Å²) in [5.41, 5.74) is 7.64. The summed E-state index contributed by atoms with van der Waals surface area (Å²) in [7, 11) is 2.09. The fourth-order valence-electron chi connectivity index (χ4n) is 3.04. The van der Waals surface area contributed by atoms with Crippen molar-refractivity contribution in [1.82, 2.24) is 0 Å². The Bertz CT molecular complexity index is 975. The second kappa shape index (κ2) is 12.4. The monoisotopic (exact) mass is 423 g/mol. The van der Waals surface area contributed by atoms with Gasteiger partial charge in [-0.25, -0.2) is 0 Å². The fraction of sp³-hybridized carbons (Fsp3) is 0.269. The summed E-state index contributed by atoms with van der Waals surface area (Å²) in [5, 5.41) is 6.19. The van der Waals surface area contributed by atoms with Crippen molar-refractivity contribution in [3.8, 4) is 0 Å². The van der Waals surface area contributed by atoms with Gasteiger partial charge in [-0.2, -0.15) is 0 Å². The first-order valence-electron chi connectivity index (χ1n) is 10.4. The number of hydrogen-bond acceptors (Lipinski definition) is 3. The van der Waals surface area contributed by atoms with Crippen molar-refractivity contribution in [1.29, 1.82) is 0 Å². The largest absolute Gasteiger partial charge is 0.412 e. The molecule has 0 spiro atoms. The summed E-state index contributed by atoms with van der Waals surface area (Å²) < 4.78 is 0. The van der Waals surface area contributed by atoms with E-state index < -0.39 is 0 Å². The molecule has 0 aromatic heterocycles. The molecule has 0 unspecified atom stereocenters. The third kappa shape index (κ3) is 7.46. The molecular weight excluding hydrogens is 386 g/mol. The van der Waals surface area contributed by atoms with Crippen molar-refractivity contribution in [3.63, 3.8) is 0 Å². The number of amides is 1. The van der Waals surface area contributed by atoms with Crippen LogP contribution >= 0.6 is 0 Å². The molecular formula is C26H37N3O2. The quantitative estimate of drug-likeness (QED) is 0.545. The third-order valence-electron chi connectivity index (χ3n) is 4.66. The van der Waals surface area contributed by atoms with Crippen molar-refractivity contribution >= 4 is 23.0 Å². The van der Waals surface area contributed by atoms with Gasteiger partial charge in [0.2, 0.25) is 0 Å². The molecule has 0 fully saturated rings. The van der Waals surface area contributed by atoms with Crippen LogP contribution in [0.2, 0.25) is 0 Å². The summed E-state index contributed by atoms with van der Waals surface area (Å²) in [6, 6.07) is 21.8. The lowest BCUT2D eigenvalue weighted by Gasteiger charge is -2.08. The van der Waals surface area contributed by atoms with Crippen LogP contribution in [0.3, 0.4) is 0 Å². The lowest BCUT2D eigenvalue weighted by molar-refractivity contribution is 0.102. The van der Waals surface area contributed by atoms with Crippen molar-refractivity contribution in [2.45, 2.75) is 34.6 Å². The minimum atomic E-state index is -0.0717. The number of fused-ring (bicyclic) bond motifs is 1. The van der Waals surface area contributed by atoms with Crippen LogP contribution in [0, 0.1) is 20.8 Å². The molecule has 168 valence electrons. The van der Waals surface area contributed by atoms with E-state index in [9.17, 15) is 4.79 Å². The zero-order chi connectivity index (χ0) is 22.1. The van der Waals surface area contributed by atoms with Crippen LogP contribution in [0.15, 0.2) is 66.7 Å². The molecule has 5 heteroatoms. The van der Waals surface area contributed by atoms with E-state index in [0.29, 0.717) is 5.56 Å². The molecule has 3 aromatic rings. The predicted molar refractivity (Wildman–Crippen MR) is 135 cm³/mol.